The van der Waals surface area contributed by atoms with Gasteiger partial charge in [0.2, 0.25) is 5.91 Å². The third-order valence-corrected chi connectivity index (χ3v) is 3.70. The van der Waals surface area contributed by atoms with Gasteiger partial charge in [0.05, 0.1) is 18.1 Å². The van der Waals surface area contributed by atoms with E-state index < -0.39 is 30.0 Å². The number of carboxylic acid groups (broad SMARTS) is 1. The first-order valence-corrected chi connectivity index (χ1v) is 6.40. The summed E-state index contributed by atoms with van der Waals surface area (Å²) in [5.74, 6) is -2.75. The molecule has 2 aliphatic heterocycles. The summed E-state index contributed by atoms with van der Waals surface area (Å²) >= 11 is 0. The zero-order chi connectivity index (χ0) is 14.1. The van der Waals surface area contributed by atoms with Crippen LogP contribution in [0.25, 0.3) is 0 Å². The van der Waals surface area contributed by atoms with Crippen LogP contribution in [0.5, 0.6) is 0 Å². The molecule has 1 aromatic rings. The Bertz CT molecular complexity index is 558. The van der Waals surface area contributed by atoms with Gasteiger partial charge in [0.1, 0.15) is 5.92 Å². The summed E-state index contributed by atoms with van der Waals surface area (Å²) in [5, 5.41) is 12.0. The molecule has 1 aromatic heterocycles. The van der Waals surface area contributed by atoms with E-state index in [1.165, 1.54) is 0 Å². The molecule has 0 saturated carbocycles. The lowest BCUT2D eigenvalue weighted by Crippen LogP contribution is -2.42. The van der Waals surface area contributed by atoms with Crippen LogP contribution in [0.15, 0.2) is 36.7 Å². The molecule has 2 aliphatic rings. The minimum atomic E-state index is -0.995. The maximum absolute atomic E-state index is 12.2. The average Bonchev–Trinajstić information content (AvgIpc) is 3.06. The molecule has 3 rings (SSSR count). The second-order valence-electron chi connectivity index (χ2n) is 4.91. The Labute approximate surface area is 115 Å². The summed E-state index contributed by atoms with van der Waals surface area (Å²) in [5.41, 5.74) is 0.917. The van der Waals surface area contributed by atoms with Gasteiger partial charge in [0.25, 0.3) is 0 Å². The molecule has 2 N–H and O–H groups in total. The summed E-state index contributed by atoms with van der Waals surface area (Å²) in [7, 11) is 0. The van der Waals surface area contributed by atoms with Gasteiger partial charge in [-0.2, -0.15) is 0 Å². The second kappa shape index (κ2) is 5.05. The number of pyridine rings is 1. The molecule has 20 heavy (non-hydrogen) atoms. The number of carbonyl (C=O) groups excluding carboxylic acids is 1. The third kappa shape index (κ3) is 2.18. The van der Waals surface area contributed by atoms with Crippen molar-refractivity contribution in [3.63, 3.8) is 0 Å². The first-order chi connectivity index (χ1) is 9.66. The molecule has 0 spiro atoms. The van der Waals surface area contributed by atoms with Crippen LogP contribution >= 0.6 is 0 Å². The van der Waals surface area contributed by atoms with Crippen molar-refractivity contribution in [1.82, 2.24) is 10.3 Å². The molecule has 1 saturated heterocycles. The van der Waals surface area contributed by atoms with Gasteiger partial charge in [0.15, 0.2) is 0 Å². The van der Waals surface area contributed by atoms with Gasteiger partial charge in [-0.3, -0.25) is 14.6 Å². The van der Waals surface area contributed by atoms with Crippen LogP contribution in [0.1, 0.15) is 5.56 Å². The molecule has 0 aromatic carbocycles. The Hall–Kier alpha value is -2.21. The van der Waals surface area contributed by atoms with Crippen molar-refractivity contribution < 1.29 is 19.4 Å². The van der Waals surface area contributed by atoms with Gasteiger partial charge in [0, 0.05) is 18.9 Å². The topological polar surface area (TPSA) is 88.5 Å². The van der Waals surface area contributed by atoms with Crippen molar-refractivity contribution in [3.8, 4) is 0 Å². The predicted octanol–water partition coefficient (Wildman–Crippen LogP) is 0.352. The van der Waals surface area contributed by atoms with E-state index in [1.54, 1.807) is 36.7 Å². The van der Waals surface area contributed by atoms with E-state index in [4.69, 9.17) is 4.74 Å². The predicted molar refractivity (Wildman–Crippen MR) is 68.5 cm³/mol. The highest BCUT2D eigenvalue weighted by molar-refractivity contribution is 5.87. The molecule has 4 atom stereocenters. The van der Waals surface area contributed by atoms with Crippen molar-refractivity contribution in [2.24, 2.45) is 11.8 Å². The van der Waals surface area contributed by atoms with Crippen LogP contribution < -0.4 is 5.32 Å². The molecule has 2 bridgehead atoms. The fourth-order valence-corrected chi connectivity index (χ4v) is 2.72. The van der Waals surface area contributed by atoms with Crippen LogP contribution in [-0.4, -0.2) is 34.2 Å². The van der Waals surface area contributed by atoms with Crippen molar-refractivity contribution in [2.45, 2.75) is 18.8 Å². The van der Waals surface area contributed by atoms with Crippen molar-refractivity contribution >= 4 is 11.9 Å². The van der Waals surface area contributed by atoms with E-state index in [0.717, 1.165) is 5.56 Å². The summed E-state index contributed by atoms with van der Waals surface area (Å²) in [6.07, 6.45) is 5.85. The minimum absolute atomic E-state index is 0.286. The first-order valence-electron chi connectivity index (χ1n) is 6.40. The number of ether oxygens (including phenoxy) is 1. The van der Waals surface area contributed by atoms with E-state index in [0.29, 0.717) is 6.54 Å². The number of carbonyl (C=O) groups is 2. The van der Waals surface area contributed by atoms with E-state index >= 15 is 0 Å². The van der Waals surface area contributed by atoms with Gasteiger partial charge < -0.3 is 15.2 Å². The van der Waals surface area contributed by atoms with E-state index in [2.05, 4.69) is 10.3 Å². The van der Waals surface area contributed by atoms with Crippen molar-refractivity contribution in [1.29, 1.82) is 0 Å². The highest BCUT2D eigenvalue weighted by Gasteiger charge is 2.53. The number of amides is 1. The Morgan fingerprint density at radius 1 is 1.20 bits per heavy atom. The van der Waals surface area contributed by atoms with E-state index in [1.807, 2.05) is 0 Å². The van der Waals surface area contributed by atoms with Crippen molar-refractivity contribution in [3.05, 3.63) is 42.2 Å². The highest BCUT2D eigenvalue weighted by atomic mass is 16.5. The smallest absolute Gasteiger partial charge is 0.310 e. The average molecular weight is 274 g/mol. The Morgan fingerprint density at radius 2 is 1.85 bits per heavy atom. The van der Waals surface area contributed by atoms with E-state index in [9.17, 15) is 14.7 Å². The number of rotatable bonds is 4. The lowest BCUT2D eigenvalue weighted by molar-refractivity contribution is -0.146. The molecular weight excluding hydrogens is 260 g/mol. The molecule has 6 nitrogen and oxygen atoms in total. The molecular formula is C14H14N2O4. The fourth-order valence-electron chi connectivity index (χ4n) is 2.72. The summed E-state index contributed by atoms with van der Waals surface area (Å²) < 4.78 is 5.47. The van der Waals surface area contributed by atoms with E-state index in [-0.39, 0.29) is 5.91 Å². The summed E-state index contributed by atoms with van der Waals surface area (Å²) in [6, 6.07) is 3.60. The Morgan fingerprint density at radius 3 is 2.50 bits per heavy atom. The Kier molecular flexibility index (Phi) is 3.23. The van der Waals surface area contributed by atoms with Crippen LogP contribution in [0.3, 0.4) is 0 Å². The highest BCUT2D eigenvalue weighted by Crippen LogP contribution is 2.39. The van der Waals surface area contributed by atoms with Crippen LogP contribution in [0, 0.1) is 11.8 Å². The number of nitrogens with one attached hydrogen (secondary N) is 1. The number of fused-ring (bicyclic) bond motifs is 2. The molecule has 3 heterocycles. The monoisotopic (exact) mass is 274 g/mol. The number of carboxylic acids is 1. The van der Waals surface area contributed by atoms with Gasteiger partial charge >= 0.3 is 5.97 Å². The van der Waals surface area contributed by atoms with Crippen LogP contribution in [0.4, 0.5) is 0 Å². The van der Waals surface area contributed by atoms with Crippen LogP contribution in [0.2, 0.25) is 0 Å². The van der Waals surface area contributed by atoms with Gasteiger partial charge in [-0.1, -0.05) is 12.2 Å². The minimum Gasteiger partial charge on any atom is -0.481 e. The lowest BCUT2D eigenvalue weighted by atomic mass is 9.82. The number of nitrogens with zero attached hydrogens (tertiary/aromatic N) is 1. The van der Waals surface area contributed by atoms with Gasteiger partial charge in [-0.25, -0.2) is 0 Å². The quantitative estimate of drug-likeness (QED) is 0.773. The zero-order valence-electron chi connectivity index (χ0n) is 10.6. The molecule has 0 aliphatic carbocycles. The third-order valence-electron chi connectivity index (χ3n) is 3.70. The molecule has 1 amide bonds. The maximum Gasteiger partial charge on any atom is 0.310 e. The largest absolute Gasteiger partial charge is 0.481 e. The van der Waals surface area contributed by atoms with Gasteiger partial charge in [-0.05, 0) is 17.7 Å². The SMILES string of the molecule is O=C(O)[C@H]1[C@H](C(=O)NCc2ccncc2)[C@H]2C=C[C@H]1O2. The second-order valence-corrected chi connectivity index (χ2v) is 4.91. The number of hydrogen-bond acceptors (Lipinski definition) is 4. The van der Waals surface area contributed by atoms with Gasteiger partial charge in [-0.15, -0.1) is 0 Å². The number of aliphatic carboxylic acids is 1. The van der Waals surface area contributed by atoms with Crippen molar-refractivity contribution in [2.75, 3.05) is 0 Å². The van der Waals surface area contributed by atoms with Crippen LogP contribution in [-0.2, 0) is 20.9 Å². The summed E-state index contributed by atoms with van der Waals surface area (Å²) in [6.45, 7) is 0.352. The lowest BCUT2D eigenvalue weighted by Gasteiger charge is -2.20. The number of hydrogen-bond donors (Lipinski definition) is 2. The molecule has 0 radical (unpaired) electrons. The molecule has 0 unspecified atom stereocenters. The summed E-state index contributed by atoms with van der Waals surface area (Å²) in [4.78, 5) is 27.4. The Balaban J connectivity index is 1.68. The number of aromatic nitrogens is 1. The first kappa shape index (κ1) is 12.8. The molecule has 104 valence electrons. The zero-order valence-corrected chi connectivity index (χ0v) is 10.6. The molecule has 6 heteroatoms. The maximum atomic E-state index is 12.2. The standard InChI is InChI=1S/C14H14N2O4/c17-13(16-7-8-3-5-15-6-4-8)11-9-1-2-10(20-9)12(11)14(18)19/h1-6,9-12H,7H2,(H,16,17)(H,18,19)/t9-,10-,11-,12-/m1/s1. The normalized spacial score (nSPS) is 30.4. The molecule has 1 fully saturated rings. The fraction of sp³-hybridized carbons (Fsp3) is 0.357.